The maximum Gasteiger partial charge on any atom is 0.273 e. The zero-order chi connectivity index (χ0) is 27.9. The van der Waals surface area contributed by atoms with Gasteiger partial charge in [-0.25, -0.2) is 5.01 Å². The Morgan fingerprint density at radius 3 is 1.79 bits per heavy atom. The molecule has 1 heterocycles. The lowest BCUT2D eigenvalue weighted by molar-refractivity contribution is -0.384. The number of non-ortho nitro benzene ring substituents is 1. The Morgan fingerprint density at radius 1 is 0.868 bits per heavy atom. The fourth-order valence-corrected chi connectivity index (χ4v) is 8.14. The number of carbonyl (C=O) groups is 3. The largest absolute Gasteiger partial charge is 0.273 e. The van der Waals surface area contributed by atoms with Crippen molar-refractivity contribution >= 4 is 105 Å². The van der Waals surface area contributed by atoms with Crippen LogP contribution >= 0.6 is 81.2 Å². The molecule has 38 heavy (non-hydrogen) atoms. The van der Waals surface area contributed by atoms with E-state index in [2.05, 4.69) is 0 Å². The van der Waals surface area contributed by atoms with Gasteiger partial charge < -0.3 is 0 Å². The molecule has 0 N–H and O–H groups in total. The molecule has 3 amide bonds. The first-order chi connectivity index (χ1) is 17.7. The van der Waals surface area contributed by atoms with Crippen molar-refractivity contribution in [1.29, 1.82) is 0 Å². The molecule has 2 aliphatic carbocycles. The van der Waals surface area contributed by atoms with Gasteiger partial charge in [-0.15, -0.1) is 23.2 Å². The van der Waals surface area contributed by atoms with Gasteiger partial charge in [-0.2, -0.15) is 5.01 Å². The van der Waals surface area contributed by atoms with Gasteiger partial charge >= 0.3 is 0 Å². The average molecular weight is 659 g/mol. The third-order valence-corrected chi connectivity index (χ3v) is 11.4. The van der Waals surface area contributed by atoms with E-state index in [1.165, 1.54) is 48.5 Å². The number of benzene rings is 2. The van der Waals surface area contributed by atoms with E-state index in [0.717, 1.165) is 5.01 Å². The number of nitrogens with zero attached hydrogens (tertiary/aromatic N) is 3. The zero-order valence-corrected chi connectivity index (χ0v) is 23.8. The molecule has 4 atom stereocenters. The first-order valence-electron chi connectivity index (χ1n) is 10.7. The van der Waals surface area contributed by atoms with Crippen LogP contribution in [0.3, 0.4) is 0 Å². The van der Waals surface area contributed by atoms with Crippen molar-refractivity contribution in [1.82, 2.24) is 10.0 Å². The quantitative estimate of drug-likeness (QED) is 0.164. The Bertz CT molecular complexity index is 1400. The number of carbonyl (C=O) groups excluding carboxylic acids is 3. The van der Waals surface area contributed by atoms with Crippen molar-refractivity contribution in [3.63, 3.8) is 0 Å². The van der Waals surface area contributed by atoms with Crippen LogP contribution in [-0.4, -0.2) is 46.7 Å². The number of rotatable bonds is 5. The Hall–Kier alpha value is -1.78. The maximum absolute atomic E-state index is 13.9. The van der Waals surface area contributed by atoms with Crippen molar-refractivity contribution in [2.75, 3.05) is 0 Å². The molecule has 2 aromatic carbocycles. The molecule has 2 aromatic rings. The molecule has 198 valence electrons. The molecule has 1 aliphatic heterocycles. The van der Waals surface area contributed by atoms with Crippen molar-refractivity contribution < 1.29 is 19.3 Å². The summed E-state index contributed by atoms with van der Waals surface area (Å²) in [6.07, 6.45) is 0. The second kappa shape index (κ2) is 9.13. The van der Waals surface area contributed by atoms with Gasteiger partial charge in [0.15, 0.2) is 4.33 Å². The molecule has 1 saturated heterocycles. The second-order valence-electron chi connectivity index (χ2n) is 8.86. The predicted octanol–water partition coefficient (Wildman–Crippen LogP) is 6.25. The van der Waals surface area contributed by atoms with Crippen LogP contribution in [0.5, 0.6) is 0 Å². The summed E-state index contributed by atoms with van der Waals surface area (Å²) in [4.78, 5) is 47.8. The molecule has 0 aromatic heterocycles. The fourth-order valence-electron chi connectivity index (χ4n) is 5.09. The van der Waals surface area contributed by atoms with Crippen LogP contribution in [-0.2, 0) is 16.1 Å². The third kappa shape index (κ3) is 3.48. The standard InChI is InChI=1S/C23H12Cl7N3O5/c24-12-5-3-11(4-6-12)18(34)31(9-10-1-7-13(8-2-10)33(37)38)32-19(35)14-15(20(32)36)22(28)17(26)16(25)21(14,27)23(22,29)30/h1-8,14-15H,9H2/t14-,15-,21-,22-/m1/s1. The van der Waals surface area contributed by atoms with Gasteiger partial charge in [-0.3, -0.25) is 24.5 Å². The van der Waals surface area contributed by atoms with Crippen molar-refractivity contribution in [3.05, 3.63) is 84.9 Å². The first-order valence-corrected chi connectivity index (χ1v) is 13.3. The number of alkyl halides is 4. The lowest BCUT2D eigenvalue weighted by atomic mass is 9.84. The number of fused-ring (bicyclic) bond motifs is 5. The molecular weight excluding hydrogens is 646 g/mol. The fraction of sp³-hybridized carbons (Fsp3) is 0.261. The Labute approximate surface area is 250 Å². The van der Waals surface area contributed by atoms with E-state index in [4.69, 9.17) is 81.2 Å². The van der Waals surface area contributed by atoms with Gasteiger partial charge in [0.25, 0.3) is 23.4 Å². The topological polar surface area (TPSA) is 101 Å². The highest BCUT2D eigenvalue weighted by atomic mass is 35.5. The molecule has 3 aliphatic rings. The molecule has 0 spiro atoms. The Balaban J connectivity index is 1.60. The van der Waals surface area contributed by atoms with E-state index in [9.17, 15) is 24.5 Å². The average Bonchev–Trinajstić information content (AvgIpc) is 3.26. The summed E-state index contributed by atoms with van der Waals surface area (Å²) in [7, 11) is 0. The minimum absolute atomic E-state index is 0.0938. The van der Waals surface area contributed by atoms with E-state index in [-0.39, 0.29) is 27.9 Å². The number of hydrazine groups is 1. The van der Waals surface area contributed by atoms with E-state index >= 15 is 0 Å². The number of hydrogen-bond acceptors (Lipinski definition) is 5. The first kappa shape index (κ1) is 27.8. The molecule has 5 rings (SSSR count). The van der Waals surface area contributed by atoms with Crippen LogP contribution in [0.1, 0.15) is 15.9 Å². The van der Waals surface area contributed by atoms with Crippen LogP contribution in [0, 0.1) is 22.0 Å². The minimum Gasteiger partial charge on any atom is -0.272 e. The predicted molar refractivity (Wildman–Crippen MR) is 144 cm³/mol. The van der Waals surface area contributed by atoms with Gasteiger partial charge in [0, 0.05) is 22.7 Å². The maximum atomic E-state index is 13.9. The van der Waals surface area contributed by atoms with Gasteiger partial charge in [-0.05, 0) is 29.8 Å². The van der Waals surface area contributed by atoms with Crippen LogP contribution < -0.4 is 0 Å². The smallest absolute Gasteiger partial charge is 0.272 e. The highest BCUT2D eigenvalue weighted by Gasteiger charge is 2.88. The lowest BCUT2D eigenvalue weighted by Crippen LogP contribution is -2.55. The number of nitro benzene ring substituents is 1. The van der Waals surface area contributed by atoms with Crippen LogP contribution in [0.4, 0.5) is 5.69 Å². The number of nitro groups is 1. The minimum atomic E-state index is -2.13. The van der Waals surface area contributed by atoms with Crippen molar-refractivity contribution in [3.8, 4) is 0 Å². The van der Waals surface area contributed by atoms with E-state index in [0.29, 0.717) is 15.6 Å². The summed E-state index contributed by atoms with van der Waals surface area (Å²) in [5.74, 6) is -5.49. The molecule has 2 fully saturated rings. The van der Waals surface area contributed by atoms with Gasteiger partial charge in [-0.1, -0.05) is 70.1 Å². The number of halogens is 7. The number of hydrogen-bond donors (Lipinski definition) is 0. The summed E-state index contributed by atoms with van der Waals surface area (Å²) in [5, 5.41) is 12.4. The second-order valence-corrected chi connectivity index (χ2v) is 12.6. The van der Waals surface area contributed by atoms with Crippen LogP contribution in [0.2, 0.25) is 5.02 Å². The summed E-state index contributed by atoms with van der Waals surface area (Å²) >= 11 is 45.3. The highest BCUT2D eigenvalue weighted by molar-refractivity contribution is 6.66. The third-order valence-electron chi connectivity index (χ3n) is 6.93. The van der Waals surface area contributed by atoms with Gasteiger partial charge in [0.2, 0.25) is 0 Å². The van der Waals surface area contributed by atoms with Crippen LogP contribution in [0.25, 0.3) is 0 Å². The molecule has 2 bridgehead atoms. The highest BCUT2D eigenvalue weighted by Crippen LogP contribution is 2.77. The van der Waals surface area contributed by atoms with E-state index < -0.39 is 48.6 Å². The summed E-state index contributed by atoms with van der Waals surface area (Å²) in [6.45, 7) is -0.331. The number of allylic oxidation sites excluding steroid dienone is 2. The van der Waals surface area contributed by atoms with E-state index in [1.807, 2.05) is 0 Å². The van der Waals surface area contributed by atoms with Crippen LogP contribution in [0.15, 0.2) is 58.6 Å². The SMILES string of the molecule is O=C(c1ccc(Cl)cc1)N(Cc1ccc([N+](=O)[O-])cc1)N1C(=O)[C@H]2[C@H](C1=O)[C@@]1(Cl)C(Cl)=C(Cl)[C@@]2(Cl)C1(Cl)Cl. The summed E-state index contributed by atoms with van der Waals surface area (Å²) < 4.78 is -2.13. The molecule has 1 saturated carbocycles. The lowest BCUT2D eigenvalue weighted by Gasteiger charge is -2.37. The Morgan fingerprint density at radius 2 is 1.34 bits per heavy atom. The Kier molecular flexibility index (Phi) is 6.67. The normalized spacial score (nSPS) is 29.2. The molecule has 8 nitrogen and oxygen atoms in total. The molecule has 0 unspecified atom stereocenters. The van der Waals surface area contributed by atoms with Crippen molar-refractivity contribution in [2.24, 2.45) is 11.8 Å². The monoisotopic (exact) mass is 655 g/mol. The molecular formula is C23H12Cl7N3O5. The van der Waals surface area contributed by atoms with Gasteiger partial charge in [0.1, 0.15) is 9.75 Å². The molecule has 15 heteroatoms. The summed E-state index contributed by atoms with van der Waals surface area (Å²) in [6, 6.07) is 11.0. The van der Waals surface area contributed by atoms with Gasteiger partial charge in [0.05, 0.1) is 33.4 Å². The summed E-state index contributed by atoms with van der Waals surface area (Å²) in [5.41, 5.74) is 0.280. The van der Waals surface area contributed by atoms with E-state index in [1.54, 1.807) is 0 Å². The zero-order valence-electron chi connectivity index (χ0n) is 18.5. The number of imide groups is 1. The number of amides is 3. The molecule has 0 radical (unpaired) electrons. The van der Waals surface area contributed by atoms with Crippen molar-refractivity contribution in [2.45, 2.75) is 20.6 Å².